The third-order valence-electron chi connectivity index (χ3n) is 1.73. The van der Waals surface area contributed by atoms with Crippen molar-refractivity contribution < 1.29 is 18.3 Å². The lowest BCUT2D eigenvalue weighted by atomic mass is 10.2. The molecule has 0 aliphatic rings. The highest BCUT2D eigenvalue weighted by Gasteiger charge is 2.18. The molecule has 0 atom stereocenters. The summed E-state index contributed by atoms with van der Waals surface area (Å²) in [4.78, 5) is 24.0. The predicted molar refractivity (Wildman–Crippen MR) is 47.8 cm³/mol. The number of H-pyrrole nitrogens is 1. The highest BCUT2D eigenvalue weighted by Crippen LogP contribution is 2.18. The highest BCUT2D eigenvalue weighted by molar-refractivity contribution is 5.94. The average molecular weight is 218 g/mol. The molecule has 1 aromatic rings. The first kappa shape index (κ1) is 11.2. The van der Waals surface area contributed by atoms with Crippen molar-refractivity contribution in [3.8, 4) is 0 Å². The van der Waals surface area contributed by atoms with E-state index < -0.39 is 29.3 Å². The molecule has 0 bridgehead atoms. The van der Waals surface area contributed by atoms with Gasteiger partial charge in [-0.2, -0.15) is 0 Å². The summed E-state index contributed by atoms with van der Waals surface area (Å²) in [6.07, 6.45) is -2.89. The lowest BCUT2D eigenvalue weighted by Gasteiger charge is -2.05. The minimum Gasteiger partial charge on any atom is -0.465 e. The zero-order valence-electron chi connectivity index (χ0n) is 7.71. The number of aromatic nitrogens is 1. The Kier molecular flexibility index (Phi) is 3.03. The molecule has 0 fully saturated rings. The smallest absolute Gasteiger partial charge is 0.340 e. The van der Waals surface area contributed by atoms with Crippen LogP contribution in [-0.2, 0) is 4.74 Å². The number of nitrogens with two attached hydrogens (primary N) is 1. The first-order valence-corrected chi connectivity index (χ1v) is 3.86. The van der Waals surface area contributed by atoms with Crippen molar-refractivity contribution in [1.29, 1.82) is 0 Å². The van der Waals surface area contributed by atoms with Crippen molar-refractivity contribution in [2.45, 2.75) is 6.43 Å². The number of methoxy groups -OCH3 is 1. The Balaban J connectivity index is 3.38. The number of nitrogen functional groups attached to an aromatic ring is 1. The van der Waals surface area contributed by atoms with Gasteiger partial charge in [0.15, 0.2) is 0 Å². The summed E-state index contributed by atoms with van der Waals surface area (Å²) in [6.45, 7) is 0. The number of alkyl halides is 2. The normalized spacial score (nSPS) is 10.4. The van der Waals surface area contributed by atoms with E-state index in [-0.39, 0.29) is 5.56 Å². The van der Waals surface area contributed by atoms with Gasteiger partial charge in [-0.3, -0.25) is 4.79 Å². The fraction of sp³-hybridized carbons (Fsp3) is 0.250. The molecule has 0 spiro atoms. The van der Waals surface area contributed by atoms with E-state index in [1.165, 1.54) is 0 Å². The van der Waals surface area contributed by atoms with Gasteiger partial charge in [-0.25, -0.2) is 13.6 Å². The molecular formula is C8H8F2N2O3. The van der Waals surface area contributed by atoms with E-state index in [2.05, 4.69) is 4.74 Å². The Labute approximate surface area is 82.9 Å². The second-order valence-corrected chi connectivity index (χ2v) is 2.67. The predicted octanol–water partition coefficient (Wildman–Crippen LogP) is 0.681. The van der Waals surface area contributed by atoms with Crippen molar-refractivity contribution in [2.75, 3.05) is 12.8 Å². The van der Waals surface area contributed by atoms with E-state index in [0.717, 1.165) is 13.2 Å². The molecule has 7 heteroatoms. The number of hydrogen-bond acceptors (Lipinski definition) is 4. The lowest BCUT2D eigenvalue weighted by molar-refractivity contribution is 0.0601. The molecule has 0 unspecified atom stereocenters. The second-order valence-electron chi connectivity index (χ2n) is 2.67. The molecule has 0 saturated heterocycles. The molecule has 82 valence electrons. The Morgan fingerprint density at radius 1 is 1.60 bits per heavy atom. The first-order chi connectivity index (χ1) is 6.97. The van der Waals surface area contributed by atoms with Crippen LogP contribution in [-0.4, -0.2) is 18.1 Å². The molecule has 3 N–H and O–H groups in total. The number of pyridine rings is 1. The van der Waals surface area contributed by atoms with Crippen LogP contribution >= 0.6 is 0 Å². The quantitative estimate of drug-likeness (QED) is 0.715. The first-order valence-electron chi connectivity index (χ1n) is 3.86. The number of halogens is 2. The maximum Gasteiger partial charge on any atom is 0.340 e. The van der Waals surface area contributed by atoms with Crippen LogP contribution in [0.1, 0.15) is 22.5 Å². The van der Waals surface area contributed by atoms with E-state index in [0.29, 0.717) is 0 Å². The minimum atomic E-state index is -2.89. The maximum atomic E-state index is 12.3. The molecule has 0 saturated carbocycles. The van der Waals surface area contributed by atoms with Crippen molar-refractivity contribution in [3.63, 3.8) is 0 Å². The number of carbonyl (C=O) groups excluding carboxylic acids is 1. The summed E-state index contributed by atoms with van der Waals surface area (Å²) in [5.41, 5.74) is 2.83. The van der Waals surface area contributed by atoms with Gasteiger partial charge in [-0.15, -0.1) is 0 Å². The number of aromatic amines is 1. The van der Waals surface area contributed by atoms with E-state index in [1.54, 1.807) is 0 Å². The lowest BCUT2D eigenvalue weighted by Crippen LogP contribution is -2.19. The number of rotatable bonds is 2. The minimum absolute atomic E-state index is 0.364. The van der Waals surface area contributed by atoms with Gasteiger partial charge < -0.3 is 15.5 Å². The van der Waals surface area contributed by atoms with Gasteiger partial charge in [-0.05, 0) is 6.07 Å². The average Bonchev–Trinajstić information content (AvgIpc) is 2.20. The monoisotopic (exact) mass is 218 g/mol. The summed E-state index contributed by atoms with van der Waals surface area (Å²) in [5, 5.41) is 0. The van der Waals surface area contributed by atoms with Crippen LogP contribution in [0.5, 0.6) is 0 Å². The second kappa shape index (κ2) is 4.07. The van der Waals surface area contributed by atoms with Gasteiger partial charge in [0.1, 0.15) is 5.69 Å². The zero-order chi connectivity index (χ0) is 11.6. The Bertz CT molecular complexity index is 442. The fourth-order valence-electron chi connectivity index (χ4n) is 0.986. The van der Waals surface area contributed by atoms with Gasteiger partial charge in [0.05, 0.1) is 18.4 Å². The van der Waals surface area contributed by atoms with Gasteiger partial charge in [0.2, 0.25) is 0 Å². The van der Waals surface area contributed by atoms with Crippen LogP contribution in [0.25, 0.3) is 0 Å². The molecule has 0 amide bonds. The van der Waals surface area contributed by atoms with E-state index in [4.69, 9.17) is 5.73 Å². The number of nitrogens with one attached hydrogen (secondary N) is 1. The third-order valence-corrected chi connectivity index (χ3v) is 1.73. The fourth-order valence-corrected chi connectivity index (χ4v) is 0.986. The highest BCUT2D eigenvalue weighted by atomic mass is 19.3. The third kappa shape index (κ3) is 2.12. The summed E-state index contributed by atoms with van der Waals surface area (Å²) >= 11 is 0. The standard InChI is InChI=1S/C8H8F2N2O3/c1-15-8(14)3-2-4(6(9)10)12-7(13)5(3)11/h2,6H,11H2,1H3,(H,12,13). The van der Waals surface area contributed by atoms with Gasteiger partial charge in [-0.1, -0.05) is 0 Å². The molecule has 1 heterocycles. The largest absolute Gasteiger partial charge is 0.465 e. The summed E-state index contributed by atoms with van der Waals surface area (Å²) in [7, 11) is 1.06. The number of ether oxygens (including phenoxy) is 1. The molecule has 5 nitrogen and oxygen atoms in total. The molecule has 0 aliphatic heterocycles. The number of anilines is 1. The van der Waals surface area contributed by atoms with E-state index >= 15 is 0 Å². The topological polar surface area (TPSA) is 85.2 Å². The van der Waals surface area contributed by atoms with Crippen molar-refractivity contribution in [2.24, 2.45) is 0 Å². The molecule has 15 heavy (non-hydrogen) atoms. The molecule has 0 aromatic carbocycles. The SMILES string of the molecule is COC(=O)c1cc(C(F)F)[nH]c(=O)c1N. The Morgan fingerprint density at radius 3 is 2.67 bits per heavy atom. The Hall–Kier alpha value is -1.92. The Morgan fingerprint density at radius 2 is 2.20 bits per heavy atom. The zero-order valence-corrected chi connectivity index (χ0v) is 7.71. The molecule has 1 rings (SSSR count). The van der Waals surface area contributed by atoms with Crippen LogP contribution in [0.2, 0.25) is 0 Å². The number of carbonyl (C=O) groups is 1. The van der Waals surface area contributed by atoms with Crippen molar-refractivity contribution in [3.05, 3.63) is 27.7 Å². The van der Waals surface area contributed by atoms with E-state index in [9.17, 15) is 18.4 Å². The maximum absolute atomic E-state index is 12.3. The molecule has 1 aromatic heterocycles. The van der Waals surface area contributed by atoms with Crippen LogP contribution < -0.4 is 11.3 Å². The van der Waals surface area contributed by atoms with Crippen LogP contribution in [0, 0.1) is 0 Å². The van der Waals surface area contributed by atoms with Gasteiger partial charge in [0.25, 0.3) is 12.0 Å². The number of esters is 1. The van der Waals surface area contributed by atoms with Crippen LogP contribution in [0.4, 0.5) is 14.5 Å². The summed E-state index contributed by atoms with van der Waals surface area (Å²) in [5.74, 6) is -0.930. The number of hydrogen-bond donors (Lipinski definition) is 2. The van der Waals surface area contributed by atoms with Gasteiger partial charge in [0, 0.05) is 0 Å². The molecule has 0 aliphatic carbocycles. The van der Waals surface area contributed by atoms with Crippen LogP contribution in [0.15, 0.2) is 10.9 Å². The van der Waals surface area contributed by atoms with E-state index in [1.807, 2.05) is 4.98 Å². The summed E-state index contributed by atoms with van der Waals surface area (Å²) < 4.78 is 28.8. The van der Waals surface area contributed by atoms with Crippen LogP contribution in [0.3, 0.4) is 0 Å². The van der Waals surface area contributed by atoms with Crippen molar-refractivity contribution in [1.82, 2.24) is 4.98 Å². The summed E-state index contributed by atoms with van der Waals surface area (Å²) in [6, 6.07) is 0.799. The molecule has 0 radical (unpaired) electrons. The molecular weight excluding hydrogens is 210 g/mol. The van der Waals surface area contributed by atoms with Gasteiger partial charge >= 0.3 is 5.97 Å². The van der Waals surface area contributed by atoms with Crippen molar-refractivity contribution >= 4 is 11.7 Å².